The number of benzene rings is 2. The fourth-order valence-electron chi connectivity index (χ4n) is 3.79. The standard InChI is InChI=1S/C23H30N2O3S/c1-2-20(21-11-5-3-6-12-21)17-23(26)24-18-19-10-9-13-22(16-19)29(27,28)25-14-7-4-8-15-25/h3,5-6,9-13,16,20H,2,4,7-8,14-15,17-18H2,1H3,(H,24,26). The van der Waals surface area contributed by atoms with E-state index in [1.165, 1.54) is 5.56 Å². The smallest absolute Gasteiger partial charge is 0.243 e. The van der Waals surface area contributed by atoms with Crippen LogP contribution in [0.2, 0.25) is 0 Å². The monoisotopic (exact) mass is 414 g/mol. The Bertz CT molecular complexity index is 907. The van der Waals surface area contributed by atoms with Crippen LogP contribution in [0.25, 0.3) is 0 Å². The number of rotatable bonds is 8. The van der Waals surface area contributed by atoms with Crippen LogP contribution in [0.4, 0.5) is 0 Å². The van der Waals surface area contributed by atoms with Gasteiger partial charge in [-0.2, -0.15) is 4.31 Å². The fourth-order valence-corrected chi connectivity index (χ4v) is 5.38. The van der Waals surface area contributed by atoms with Crippen molar-refractivity contribution >= 4 is 15.9 Å². The second-order valence-corrected chi connectivity index (χ2v) is 9.55. The van der Waals surface area contributed by atoms with E-state index in [1.807, 2.05) is 24.3 Å². The topological polar surface area (TPSA) is 66.5 Å². The minimum atomic E-state index is -3.46. The first-order valence-corrected chi connectivity index (χ1v) is 11.9. The van der Waals surface area contributed by atoms with Gasteiger partial charge in [-0.1, -0.05) is 55.8 Å². The SMILES string of the molecule is CCC(CC(=O)NCc1cccc(S(=O)(=O)N2CCCCC2)c1)c1ccccc1. The van der Waals surface area contributed by atoms with Crippen molar-refractivity contribution in [2.45, 2.75) is 56.4 Å². The third kappa shape index (κ3) is 5.67. The number of carbonyl (C=O) groups excluding carboxylic acids is 1. The molecule has 2 aromatic rings. The molecule has 3 rings (SSSR count). The van der Waals surface area contributed by atoms with Gasteiger partial charge in [-0.3, -0.25) is 4.79 Å². The summed E-state index contributed by atoms with van der Waals surface area (Å²) in [5, 5.41) is 2.94. The first-order valence-electron chi connectivity index (χ1n) is 10.4. The molecule has 0 spiro atoms. The first kappa shape index (κ1) is 21.5. The maximum absolute atomic E-state index is 12.9. The Labute approximate surface area is 174 Å². The first-order chi connectivity index (χ1) is 14.0. The van der Waals surface area contributed by atoms with Gasteiger partial charge in [0.05, 0.1) is 4.90 Å². The highest BCUT2D eigenvalue weighted by Gasteiger charge is 2.26. The molecule has 6 heteroatoms. The molecular weight excluding hydrogens is 384 g/mol. The van der Waals surface area contributed by atoms with Gasteiger partial charge in [0.1, 0.15) is 0 Å². The van der Waals surface area contributed by atoms with Crippen molar-refractivity contribution < 1.29 is 13.2 Å². The molecule has 1 fully saturated rings. The summed E-state index contributed by atoms with van der Waals surface area (Å²) in [4.78, 5) is 12.8. The van der Waals surface area contributed by atoms with Crippen molar-refractivity contribution in [3.05, 3.63) is 65.7 Å². The Morgan fingerprint density at radius 1 is 1.03 bits per heavy atom. The van der Waals surface area contributed by atoms with Crippen LogP contribution in [0.15, 0.2) is 59.5 Å². The van der Waals surface area contributed by atoms with E-state index in [0.29, 0.717) is 31.0 Å². The van der Waals surface area contributed by atoms with Crippen LogP contribution in [0.5, 0.6) is 0 Å². The van der Waals surface area contributed by atoms with E-state index >= 15 is 0 Å². The van der Waals surface area contributed by atoms with E-state index in [2.05, 4.69) is 24.4 Å². The van der Waals surface area contributed by atoms with Gasteiger partial charge in [0.15, 0.2) is 0 Å². The largest absolute Gasteiger partial charge is 0.352 e. The zero-order valence-electron chi connectivity index (χ0n) is 17.0. The highest BCUT2D eigenvalue weighted by Crippen LogP contribution is 2.23. The Hall–Kier alpha value is -2.18. The number of hydrogen-bond acceptors (Lipinski definition) is 3. The van der Waals surface area contributed by atoms with Gasteiger partial charge < -0.3 is 5.32 Å². The van der Waals surface area contributed by atoms with Crippen LogP contribution < -0.4 is 5.32 Å². The molecule has 2 aromatic carbocycles. The molecule has 1 saturated heterocycles. The van der Waals surface area contributed by atoms with Gasteiger partial charge in [0.2, 0.25) is 15.9 Å². The third-order valence-electron chi connectivity index (χ3n) is 5.54. The Kier molecular flexibility index (Phi) is 7.45. The molecule has 1 heterocycles. The van der Waals surface area contributed by atoms with Crippen molar-refractivity contribution in [2.24, 2.45) is 0 Å². The Balaban J connectivity index is 1.61. The van der Waals surface area contributed by atoms with E-state index < -0.39 is 10.0 Å². The molecule has 5 nitrogen and oxygen atoms in total. The summed E-state index contributed by atoms with van der Waals surface area (Å²) < 4.78 is 27.3. The molecule has 0 radical (unpaired) electrons. The van der Waals surface area contributed by atoms with Crippen LogP contribution in [0.3, 0.4) is 0 Å². The maximum Gasteiger partial charge on any atom is 0.243 e. The summed E-state index contributed by atoms with van der Waals surface area (Å²) in [5.74, 6) is 0.159. The number of amides is 1. The molecule has 0 bridgehead atoms. The van der Waals surface area contributed by atoms with Crippen molar-refractivity contribution in [3.8, 4) is 0 Å². The van der Waals surface area contributed by atoms with Gasteiger partial charge in [-0.25, -0.2) is 8.42 Å². The Morgan fingerprint density at radius 2 is 1.76 bits per heavy atom. The molecular formula is C23H30N2O3S. The lowest BCUT2D eigenvalue weighted by atomic mass is 9.93. The molecule has 1 N–H and O–H groups in total. The maximum atomic E-state index is 12.9. The average molecular weight is 415 g/mol. The van der Waals surface area contributed by atoms with E-state index in [4.69, 9.17) is 0 Å². The number of sulfonamides is 1. The van der Waals surface area contributed by atoms with Crippen molar-refractivity contribution in [1.82, 2.24) is 9.62 Å². The molecule has 1 amide bonds. The molecule has 1 atom stereocenters. The van der Waals surface area contributed by atoms with Crippen molar-refractivity contribution in [3.63, 3.8) is 0 Å². The molecule has 0 aliphatic carbocycles. The van der Waals surface area contributed by atoms with Crippen LogP contribution in [0, 0.1) is 0 Å². The fraction of sp³-hybridized carbons (Fsp3) is 0.435. The highest BCUT2D eigenvalue weighted by molar-refractivity contribution is 7.89. The lowest BCUT2D eigenvalue weighted by Crippen LogP contribution is -2.35. The average Bonchev–Trinajstić information content (AvgIpc) is 2.77. The van der Waals surface area contributed by atoms with E-state index in [1.54, 1.807) is 22.5 Å². The van der Waals surface area contributed by atoms with E-state index in [0.717, 1.165) is 31.2 Å². The Morgan fingerprint density at radius 3 is 2.45 bits per heavy atom. The highest BCUT2D eigenvalue weighted by atomic mass is 32.2. The van der Waals surface area contributed by atoms with Gasteiger partial charge >= 0.3 is 0 Å². The summed E-state index contributed by atoms with van der Waals surface area (Å²) in [7, 11) is -3.46. The summed E-state index contributed by atoms with van der Waals surface area (Å²) in [6.45, 7) is 3.58. The second kappa shape index (κ2) is 10.0. The van der Waals surface area contributed by atoms with E-state index in [-0.39, 0.29) is 11.8 Å². The summed E-state index contributed by atoms with van der Waals surface area (Å²) in [6.07, 6.45) is 4.22. The molecule has 1 unspecified atom stereocenters. The number of nitrogens with zero attached hydrogens (tertiary/aromatic N) is 1. The number of hydrogen-bond donors (Lipinski definition) is 1. The molecule has 29 heavy (non-hydrogen) atoms. The van der Waals surface area contributed by atoms with Gasteiger partial charge in [-0.05, 0) is 48.4 Å². The zero-order chi connectivity index (χ0) is 20.7. The molecule has 1 aliphatic rings. The molecule has 0 aromatic heterocycles. The molecule has 1 aliphatic heterocycles. The second-order valence-electron chi connectivity index (χ2n) is 7.61. The predicted octanol–water partition coefficient (Wildman–Crippen LogP) is 4.06. The summed E-state index contributed by atoms with van der Waals surface area (Å²) in [6, 6.07) is 17.0. The minimum absolute atomic E-state index is 0.0232. The lowest BCUT2D eigenvalue weighted by molar-refractivity contribution is -0.121. The zero-order valence-corrected chi connectivity index (χ0v) is 17.8. The molecule has 156 valence electrons. The van der Waals surface area contributed by atoms with Crippen molar-refractivity contribution in [1.29, 1.82) is 0 Å². The number of nitrogens with one attached hydrogen (secondary N) is 1. The van der Waals surface area contributed by atoms with Crippen LogP contribution in [-0.4, -0.2) is 31.7 Å². The normalized spacial score (nSPS) is 16.3. The summed E-state index contributed by atoms with van der Waals surface area (Å²) >= 11 is 0. The van der Waals surface area contributed by atoms with Crippen molar-refractivity contribution in [2.75, 3.05) is 13.1 Å². The summed E-state index contributed by atoms with van der Waals surface area (Å²) in [5.41, 5.74) is 1.96. The van der Waals surface area contributed by atoms with E-state index in [9.17, 15) is 13.2 Å². The minimum Gasteiger partial charge on any atom is -0.352 e. The van der Waals surface area contributed by atoms with Gasteiger partial charge in [0.25, 0.3) is 0 Å². The van der Waals surface area contributed by atoms with Crippen LogP contribution in [-0.2, 0) is 21.4 Å². The predicted molar refractivity (Wildman–Crippen MR) is 115 cm³/mol. The third-order valence-corrected chi connectivity index (χ3v) is 7.43. The van der Waals surface area contributed by atoms with Crippen LogP contribution >= 0.6 is 0 Å². The number of carbonyl (C=O) groups is 1. The van der Waals surface area contributed by atoms with Gasteiger partial charge in [-0.15, -0.1) is 0 Å². The molecule has 0 saturated carbocycles. The quantitative estimate of drug-likeness (QED) is 0.708. The van der Waals surface area contributed by atoms with Gasteiger partial charge in [0, 0.05) is 26.1 Å². The number of piperidine rings is 1. The van der Waals surface area contributed by atoms with Crippen LogP contribution in [0.1, 0.15) is 56.1 Å². The lowest BCUT2D eigenvalue weighted by Gasteiger charge is -2.26.